The summed E-state index contributed by atoms with van der Waals surface area (Å²) >= 11 is 11.2. The molecule has 1 nitrogen and oxygen atoms in total. The van der Waals surface area contributed by atoms with Crippen LogP contribution < -0.4 is 5.32 Å². The lowest BCUT2D eigenvalue weighted by atomic mass is 10.1. The maximum absolute atomic E-state index is 13.3. The fourth-order valence-electron chi connectivity index (χ4n) is 1.96. The highest BCUT2D eigenvalue weighted by atomic mass is 79.9. The molecular formula is C14H14BrClFNS. The Bertz CT molecular complexity index is 585. The zero-order chi connectivity index (χ0) is 14.0. The molecule has 102 valence electrons. The third kappa shape index (κ3) is 3.37. The Hall–Kier alpha value is -0.420. The number of benzene rings is 1. The van der Waals surface area contributed by atoms with E-state index >= 15 is 0 Å². The number of hydrogen-bond acceptors (Lipinski definition) is 2. The van der Waals surface area contributed by atoms with E-state index in [2.05, 4.69) is 34.2 Å². The molecule has 0 aliphatic heterocycles. The van der Waals surface area contributed by atoms with Crippen LogP contribution in [0.4, 0.5) is 4.39 Å². The molecule has 1 aromatic carbocycles. The first-order chi connectivity index (χ1) is 9.02. The highest BCUT2D eigenvalue weighted by Gasteiger charge is 2.19. The molecule has 0 aliphatic carbocycles. The molecule has 1 heterocycles. The number of nitrogens with one attached hydrogen (secondary N) is 1. The summed E-state index contributed by atoms with van der Waals surface area (Å²) in [7, 11) is 0. The smallest absolute Gasteiger partial charge is 0.141 e. The molecule has 0 bridgehead atoms. The van der Waals surface area contributed by atoms with Crippen LogP contribution in [0.1, 0.15) is 28.3 Å². The normalized spacial score (nSPS) is 12.7. The lowest BCUT2D eigenvalue weighted by Gasteiger charge is -2.18. The molecule has 1 unspecified atom stereocenters. The van der Waals surface area contributed by atoms with Crippen LogP contribution in [0.3, 0.4) is 0 Å². The maximum atomic E-state index is 13.3. The molecule has 5 heteroatoms. The van der Waals surface area contributed by atoms with Gasteiger partial charge in [0.15, 0.2) is 0 Å². The van der Waals surface area contributed by atoms with E-state index in [9.17, 15) is 4.39 Å². The summed E-state index contributed by atoms with van der Waals surface area (Å²) in [5, 5.41) is 3.57. The molecular weight excluding hydrogens is 349 g/mol. The minimum absolute atomic E-state index is 0.0242. The van der Waals surface area contributed by atoms with E-state index in [0.29, 0.717) is 0 Å². The second-order valence-corrected chi connectivity index (χ2v) is 6.78. The molecule has 1 atom stereocenters. The van der Waals surface area contributed by atoms with E-state index in [-0.39, 0.29) is 16.9 Å². The van der Waals surface area contributed by atoms with Crippen molar-refractivity contribution in [3.05, 3.63) is 54.9 Å². The summed E-state index contributed by atoms with van der Waals surface area (Å²) in [5.41, 5.74) is 0.968. The largest absolute Gasteiger partial charge is 0.306 e. The number of thiophene rings is 1. The zero-order valence-corrected chi connectivity index (χ0v) is 13.8. The van der Waals surface area contributed by atoms with Crippen molar-refractivity contribution >= 4 is 38.9 Å². The maximum Gasteiger partial charge on any atom is 0.141 e. The SMILES string of the molecule is CCNC(c1ccc(F)c(Cl)c1)c1sc(C)cc1Br. The number of aryl methyl sites for hydroxylation is 1. The molecule has 19 heavy (non-hydrogen) atoms. The van der Waals surface area contributed by atoms with Crippen molar-refractivity contribution in [1.29, 1.82) is 0 Å². The van der Waals surface area contributed by atoms with Crippen molar-refractivity contribution in [2.45, 2.75) is 19.9 Å². The van der Waals surface area contributed by atoms with Crippen LogP contribution in [0.15, 0.2) is 28.7 Å². The van der Waals surface area contributed by atoms with E-state index in [1.54, 1.807) is 23.5 Å². The highest BCUT2D eigenvalue weighted by molar-refractivity contribution is 9.10. The number of hydrogen-bond donors (Lipinski definition) is 1. The molecule has 0 spiro atoms. The molecule has 0 saturated carbocycles. The van der Waals surface area contributed by atoms with Gasteiger partial charge in [0.25, 0.3) is 0 Å². The van der Waals surface area contributed by atoms with Crippen molar-refractivity contribution in [3.63, 3.8) is 0 Å². The van der Waals surface area contributed by atoms with Gasteiger partial charge >= 0.3 is 0 Å². The predicted octanol–water partition coefficient (Wildman–Crippen LogP) is 5.31. The van der Waals surface area contributed by atoms with E-state index in [1.165, 1.54) is 15.8 Å². The van der Waals surface area contributed by atoms with Crippen LogP contribution in [-0.4, -0.2) is 6.54 Å². The standard InChI is InChI=1S/C14H14BrClFNS/c1-3-18-13(14-10(15)6-8(2)19-14)9-4-5-12(17)11(16)7-9/h4-7,13,18H,3H2,1-2H3. The van der Waals surface area contributed by atoms with Gasteiger partial charge in [-0.2, -0.15) is 0 Å². The first-order valence-corrected chi connectivity index (χ1v) is 7.95. The molecule has 0 aliphatic rings. The van der Waals surface area contributed by atoms with Crippen LogP contribution in [-0.2, 0) is 0 Å². The Morgan fingerprint density at radius 3 is 2.68 bits per heavy atom. The molecule has 1 N–H and O–H groups in total. The fraction of sp³-hybridized carbons (Fsp3) is 0.286. The second kappa shape index (κ2) is 6.35. The van der Waals surface area contributed by atoms with Gasteiger partial charge in [-0.3, -0.25) is 0 Å². The lowest BCUT2D eigenvalue weighted by Crippen LogP contribution is -2.21. The van der Waals surface area contributed by atoms with Gasteiger partial charge in [-0.15, -0.1) is 11.3 Å². The quantitative estimate of drug-likeness (QED) is 0.777. The monoisotopic (exact) mass is 361 g/mol. The summed E-state index contributed by atoms with van der Waals surface area (Å²) < 4.78 is 14.3. The van der Waals surface area contributed by atoms with Crippen molar-refractivity contribution in [1.82, 2.24) is 5.32 Å². The molecule has 1 aromatic heterocycles. The molecule has 0 radical (unpaired) electrons. The molecule has 0 amide bonds. The Labute approximate surface area is 129 Å². The van der Waals surface area contributed by atoms with E-state index in [4.69, 9.17) is 11.6 Å². The second-order valence-electron chi connectivity index (χ2n) is 4.23. The van der Waals surface area contributed by atoms with Crippen LogP contribution in [0, 0.1) is 12.7 Å². The van der Waals surface area contributed by atoms with Gasteiger partial charge in [0.05, 0.1) is 11.1 Å². The molecule has 2 aromatic rings. The third-order valence-electron chi connectivity index (χ3n) is 2.78. The van der Waals surface area contributed by atoms with Crippen molar-refractivity contribution in [3.8, 4) is 0 Å². The molecule has 0 fully saturated rings. The van der Waals surface area contributed by atoms with Crippen molar-refractivity contribution in [2.24, 2.45) is 0 Å². The Morgan fingerprint density at radius 1 is 1.42 bits per heavy atom. The van der Waals surface area contributed by atoms with Crippen molar-refractivity contribution in [2.75, 3.05) is 6.54 Å². The topological polar surface area (TPSA) is 12.0 Å². The minimum Gasteiger partial charge on any atom is -0.306 e. The van der Waals surface area contributed by atoms with Gasteiger partial charge in [0.1, 0.15) is 5.82 Å². The highest BCUT2D eigenvalue weighted by Crippen LogP contribution is 2.36. The fourth-order valence-corrected chi connectivity index (χ4v) is 4.13. The summed E-state index contributed by atoms with van der Waals surface area (Å²) in [4.78, 5) is 2.42. The Kier molecular flexibility index (Phi) is 5.01. The van der Waals surface area contributed by atoms with Gasteiger partial charge in [-0.1, -0.05) is 24.6 Å². The van der Waals surface area contributed by atoms with Gasteiger partial charge in [0, 0.05) is 14.2 Å². The van der Waals surface area contributed by atoms with Crippen LogP contribution >= 0.6 is 38.9 Å². The summed E-state index contributed by atoms with van der Waals surface area (Å²) in [6.07, 6.45) is 0. The average molecular weight is 363 g/mol. The van der Waals surface area contributed by atoms with Gasteiger partial charge in [-0.25, -0.2) is 4.39 Å². The third-order valence-corrected chi connectivity index (χ3v) is 5.11. The summed E-state index contributed by atoms with van der Waals surface area (Å²) in [6, 6.07) is 6.99. The summed E-state index contributed by atoms with van der Waals surface area (Å²) in [6.45, 7) is 4.94. The zero-order valence-electron chi connectivity index (χ0n) is 10.6. The minimum atomic E-state index is -0.387. The number of rotatable bonds is 4. The average Bonchev–Trinajstić information content (AvgIpc) is 2.69. The van der Waals surface area contributed by atoms with Gasteiger partial charge in [0.2, 0.25) is 0 Å². The van der Waals surface area contributed by atoms with Gasteiger partial charge < -0.3 is 5.32 Å². The Balaban J connectivity index is 2.44. The van der Waals surface area contributed by atoms with Crippen LogP contribution in [0.25, 0.3) is 0 Å². The molecule has 0 saturated heterocycles. The Morgan fingerprint density at radius 2 is 2.16 bits per heavy atom. The first-order valence-electron chi connectivity index (χ1n) is 5.97. The van der Waals surface area contributed by atoms with Gasteiger partial charge in [-0.05, 0) is 53.2 Å². The van der Waals surface area contributed by atoms with E-state index in [1.807, 2.05) is 6.92 Å². The van der Waals surface area contributed by atoms with Crippen LogP contribution in [0.2, 0.25) is 5.02 Å². The van der Waals surface area contributed by atoms with Crippen LogP contribution in [0.5, 0.6) is 0 Å². The summed E-state index contributed by atoms with van der Waals surface area (Å²) in [5.74, 6) is -0.387. The first kappa shape index (κ1) is 15.0. The molecule has 2 rings (SSSR count). The predicted molar refractivity (Wildman–Crippen MR) is 83.7 cm³/mol. The van der Waals surface area contributed by atoms with E-state index in [0.717, 1.165) is 16.6 Å². The van der Waals surface area contributed by atoms with E-state index < -0.39 is 0 Å². The number of halogens is 3. The lowest BCUT2D eigenvalue weighted by molar-refractivity contribution is 0.617. The van der Waals surface area contributed by atoms with Crippen molar-refractivity contribution < 1.29 is 4.39 Å².